The van der Waals surface area contributed by atoms with E-state index in [1.807, 2.05) is 54.6 Å². The summed E-state index contributed by atoms with van der Waals surface area (Å²) in [6, 6.07) is 17.8. The maximum absolute atomic E-state index is 11.9. The third-order valence-electron chi connectivity index (χ3n) is 5.12. The standard InChI is InChI=1S/C19H31O2S.C5H5.Fe/c1-2-14-19(18(20)21,17-12-8-9-13-17)15-10-6-4-3-5-7-11-16-22;1-2-4-5-3-1;/h8-9,12-13,22H,2-7,10-11,14-16H2,1H3,(H,20,21);1-5H;/q2*-1;+2. The summed E-state index contributed by atoms with van der Waals surface area (Å²) >= 11 is 4.22. The zero-order chi connectivity index (χ0) is 19.8. The van der Waals surface area contributed by atoms with Gasteiger partial charge in [-0.05, 0) is 25.0 Å². The molecule has 0 saturated carbocycles. The third kappa shape index (κ3) is 10.0. The molecule has 1 atom stereocenters. The van der Waals surface area contributed by atoms with Crippen LogP contribution >= 0.6 is 12.6 Å². The summed E-state index contributed by atoms with van der Waals surface area (Å²) in [5.74, 6) is 0.326. The zero-order valence-corrected chi connectivity index (χ0v) is 19.1. The van der Waals surface area contributed by atoms with Gasteiger partial charge >= 0.3 is 23.0 Å². The van der Waals surface area contributed by atoms with Gasteiger partial charge in [0.05, 0.1) is 5.41 Å². The van der Waals surface area contributed by atoms with E-state index in [0.717, 1.165) is 43.4 Å². The molecule has 0 aliphatic rings. The Morgan fingerprint density at radius 3 is 2.00 bits per heavy atom. The SMILES string of the molecule is CCCC(CCCCCCCCCS)(C(=O)O)c1ccc[cH-]1.[Fe+2].c1cc[cH-]c1. The first-order chi connectivity index (χ1) is 13.2. The van der Waals surface area contributed by atoms with Crippen LogP contribution in [0.5, 0.6) is 0 Å². The van der Waals surface area contributed by atoms with Crippen molar-refractivity contribution < 1.29 is 27.0 Å². The summed E-state index contributed by atoms with van der Waals surface area (Å²) in [4.78, 5) is 11.9. The van der Waals surface area contributed by atoms with Crippen LogP contribution in [0.3, 0.4) is 0 Å². The van der Waals surface area contributed by atoms with Gasteiger partial charge in [0.25, 0.3) is 0 Å². The van der Waals surface area contributed by atoms with E-state index in [1.165, 1.54) is 32.1 Å². The first kappa shape index (κ1) is 27.0. The Kier molecular flexibility index (Phi) is 16.4. The Labute approximate surface area is 187 Å². The summed E-state index contributed by atoms with van der Waals surface area (Å²) in [5, 5.41) is 9.82. The minimum Gasteiger partial charge on any atom is -0.481 e. The number of carbonyl (C=O) groups is 1. The molecule has 2 aromatic carbocycles. The van der Waals surface area contributed by atoms with Crippen LogP contribution in [0.25, 0.3) is 0 Å². The minimum absolute atomic E-state index is 0. The molecule has 1 unspecified atom stereocenters. The molecule has 0 bridgehead atoms. The summed E-state index contributed by atoms with van der Waals surface area (Å²) in [5.41, 5.74) is 0.306. The monoisotopic (exact) mass is 444 g/mol. The number of hydrogen-bond acceptors (Lipinski definition) is 2. The van der Waals surface area contributed by atoms with E-state index in [9.17, 15) is 9.90 Å². The maximum Gasteiger partial charge on any atom is 2.00 e. The number of hydrogen-bond donors (Lipinski definition) is 2. The van der Waals surface area contributed by atoms with Crippen molar-refractivity contribution in [2.75, 3.05) is 5.75 Å². The summed E-state index contributed by atoms with van der Waals surface area (Å²) in [6.07, 6.45) is 10.8. The van der Waals surface area contributed by atoms with E-state index in [-0.39, 0.29) is 17.1 Å². The van der Waals surface area contributed by atoms with Gasteiger partial charge in [0.2, 0.25) is 0 Å². The molecular formula is C24H36FeO2S. The molecule has 158 valence electrons. The van der Waals surface area contributed by atoms with Crippen molar-refractivity contribution in [3.63, 3.8) is 0 Å². The van der Waals surface area contributed by atoms with Crippen molar-refractivity contribution in [2.45, 2.75) is 76.5 Å². The predicted molar refractivity (Wildman–Crippen MR) is 119 cm³/mol. The number of aliphatic carboxylic acids is 1. The van der Waals surface area contributed by atoms with Crippen molar-refractivity contribution in [1.82, 2.24) is 0 Å². The van der Waals surface area contributed by atoms with Gasteiger partial charge in [-0.15, -0.1) is 0 Å². The number of thiol groups is 1. The molecule has 2 aromatic rings. The van der Waals surface area contributed by atoms with Crippen LogP contribution < -0.4 is 0 Å². The molecule has 0 radical (unpaired) electrons. The molecular weight excluding hydrogens is 408 g/mol. The van der Waals surface area contributed by atoms with Gasteiger partial charge in [-0.2, -0.15) is 48.5 Å². The molecule has 0 fully saturated rings. The van der Waals surface area contributed by atoms with Crippen LogP contribution in [0.1, 0.15) is 76.7 Å². The molecule has 0 aliphatic carbocycles. The van der Waals surface area contributed by atoms with E-state index in [4.69, 9.17) is 0 Å². The van der Waals surface area contributed by atoms with Crippen molar-refractivity contribution in [1.29, 1.82) is 0 Å². The molecule has 0 amide bonds. The van der Waals surface area contributed by atoms with E-state index >= 15 is 0 Å². The first-order valence-electron chi connectivity index (χ1n) is 10.4. The molecule has 28 heavy (non-hydrogen) atoms. The zero-order valence-electron chi connectivity index (χ0n) is 17.1. The van der Waals surface area contributed by atoms with Gasteiger partial charge in [0, 0.05) is 0 Å². The van der Waals surface area contributed by atoms with Gasteiger partial charge in [0.15, 0.2) is 0 Å². The Balaban J connectivity index is 0.00000105. The van der Waals surface area contributed by atoms with E-state index in [0.29, 0.717) is 0 Å². The Bertz CT molecular complexity index is 548. The second kappa shape index (κ2) is 16.9. The minimum atomic E-state index is -0.676. The molecule has 0 heterocycles. The molecule has 0 saturated heterocycles. The van der Waals surface area contributed by atoms with Crippen molar-refractivity contribution >= 4 is 18.6 Å². The number of carboxylic acid groups (broad SMARTS) is 1. The first-order valence-corrected chi connectivity index (χ1v) is 11.0. The molecule has 4 heteroatoms. The summed E-state index contributed by atoms with van der Waals surface area (Å²) in [7, 11) is 0. The smallest absolute Gasteiger partial charge is 0.481 e. The van der Waals surface area contributed by atoms with Crippen LogP contribution in [0, 0.1) is 0 Å². The van der Waals surface area contributed by atoms with Crippen molar-refractivity contribution in [3.8, 4) is 0 Å². The van der Waals surface area contributed by atoms with E-state index < -0.39 is 11.4 Å². The normalized spacial score (nSPS) is 12.4. The van der Waals surface area contributed by atoms with Gasteiger partial charge < -0.3 is 5.11 Å². The molecule has 2 rings (SSSR count). The third-order valence-corrected chi connectivity index (χ3v) is 5.43. The van der Waals surface area contributed by atoms with Crippen molar-refractivity contribution in [3.05, 3.63) is 60.2 Å². The fourth-order valence-corrected chi connectivity index (χ4v) is 3.84. The molecule has 2 nitrogen and oxygen atoms in total. The van der Waals surface area contributed by atoms with Crippen LogP contribution in [0.4, 0.5) is 0 Å². The quantitative estimate of drug-likeness (QED) is 0.151. The molecule has 1 N–H and O–H groups in total. The summed E-state index contributed by atoms with van der Waals surface area (Å²) in [6.45, 7) is 2.07. The summed E-state index contributed by atoms with van der Waals surface area (Å²) < 4.78 is 0. The number of rotatable bonds is 13. The Morgan fingerprint density at radius 1 is 0.964 bits per heavy atom. The van der Waals surface area contributed by atoms with Gasteiger partial charge in [-0.3, -0.25) is 4.79 Å². The Hall–Kier alpha value is -0.961. The number of carboxylic acids is 1. The average Bonchev–Trinajstić information content (AvgIpc) is 3.39. The topological polar surface area (TPSA) is 37.3 Å². The van der Waals surface area contributed by atoms with Crippen LogP contribution in [0.2, 0.25) is 0 Å². The average molecular weight is 444 g/mol. The molecule has 0 aromatic heterocycles. The van der Waals surface area contributed by atoms with Gasteiger partial charge in [0.1, 0.15) is 0 Å². The van der Waals surface area contributed by atoms with Crippen LogP contribution in [-0.2, 0) is 27.3 Å². The fourth-order valence-electron chi connectivity index (χ4n) is 3.61. The molecule has 0 spiro atoms. The number of unbranched alkanes of at least 4 members (excludes halogenated alkanes) is 6. The Morgan fingerprint density at radius 2 is 1.57 bits per heavy atom. The van der Waals surface area contributed by atoms with Gasteiger partial charge in [-0.1, -0.05) is 51.9 Å². The van der Waals surface area contributed by atoms with Crippen LogP contribution in [0.15, 0.2) is 54.6 Å². The van der Waals surface area contributed by atoms with Crippen molar-refractivity contribution in [2.24, 2.45) is 0 Å². The van der Waals surface area contributed by atoms with Crippen LogP contribution in [-0.4, -0.2) is 16.8 Å². The second-order valence-electron chi connectivity index (χ2n) is 7.22. The van der Waals surface area contributed by atoms with E-state index in [1.54, 1.807) is 0 Å². The largest absolute Gasteiger partial charge is 2.00 e. The van der Waals surface area contributed by atoms with E-state index in [2.05, 4.69) is 19.6 Å². The van der Waals surface area contributed by atoms with Gasteiger partial charge in [-0.25, -0.2) is 24.3 Å². The fraction of sp³-hybridized carbons (Fsp3) is 0.542. The second-order valence-corrected chi connectivity index (χ2v) is 7.67. The molecule has 0 aliphatic heterocycles. The maximum atomic E-state index is 11.9. The predicted octanol–water partition coefficient (Wildman–Crippen LogP) is 6.98.